The number of likely N-dealkylation sites (N-methyl/N-ethyl adjacent to an activating group) is 1. The van der Waals surface area contributed by atoms with Crippen molar-refractivity contribution in [3.63, 3.8) is 0 Å². The highest BCUT2D eigenvalue weighted by atomic mass is 16.2. The maximum absolute atomic E-state index is 12.1. The zero-order valence-electron chi connectivity index (χ0n) is 13.2. The zero-order valence-corrected chi connectivity index (χ0v) is 13.2. The Kier molecular flexibility index (Phi) is 7.49. The summed E-state index contributed by atoms with van der Waals surface area (Å²) in [4.78, 5) is 14.3. The fourth-order valence-corrected chi connectivity index (χ4v) is 2.25. The average molecular weight is 287 g/mol. The molecule has 1 aromatic rings. The maximum atomic E-state index is 12.1. The topological polar surface area (TPSA) is 56.1 Å². The molecule has 4 heteroatoms. The van der Waals surface area contributed by atoms with Crippen molar-refractivity contribution >= 4 is 11.6 Å². The minimum Gasteiger partial charge on any atom is -0.325 e. The summed E-state index contributed by atoms with van der Waals surface area (Å²) in [5, 5.41) is 11.6. The van der Waals surface area contributed by atoms with Crippen LogP contribution in [0.15, 0.2) is 24.3 Å². The van der Waals surface area contributed by atoms with E-state index in [4.69, 9.17) is 5.26 Å². The van der Waals surface area contributed by atoms with Gasteiger partial charge >= 0.3 is 0 Å². The van der Waals surface area contributed by atoms with Gasteiger partial charge < -0.3 is 5.32 Å². The van der Waals surface area contributed by atoms with Crippen molar-refractivity contribution in [1.29, 1.82) is 5.26 Å². The first kappa shape index (κ1) is 17.2. The lowest BCUT2D eigenvalue weighted by molar-refractivity contribution is -0.117. The number of benzene rings is 1. The van der Waals surface area contributed by atoms with Crippen LogP contribution in [0, 0.1) is 17.2 Å². The van der Waals surface area contributed by atoms with Crippen LogP contribution in [-0.2, 0) is 4.79 Å². The first-order valence-corrected chi connectivity index (χ1v) is 7.65. The van der Waals surface area contributed by atoms with Crippen molar-refractivity contribution in [1.82, 2.24) is 4.90 Å². The minimum atomic E-state index is -0.00693. The molecule has 0 unspecified atom stereocenters. The van der Waals surface area contributed by atoms with Gasteiger partial charge in [-0.3, -0.25) is 9.69 Å². The van der Waals surface area contributed by atoms with Gasteiger partial charge in [0.1, 0.15) is 0 Å². The fourth-order valence-electron chi connectivity index (χ4n) is 2.25. The first-order valence-electron chi connectivity index (χ1n) is 7.65. The maximum Gasteiger partial charge on any atom is 0.238 e. The molecular formula is C17H25N3O. The molecule has 0 bridgehead atoms. The Morgan fingerprint density at radius 3 is 2.33 bits per heavy atom. The number of carbonyl (C=O) groups is 1. The summed E-state index contributed by atoms with van der Waals surface area (Å²) in [7, 11) is 0. The summed E-state index contributed by atoms with van der Waals surface area (Å²) < 4.78 is 0. The number of hydrogen-bond acceptors (Lipinski definition) is 3. The van der Waals surface area contributed by atoms with Crippen LogP contribution in [0.3, 0.4) is 0 Å². The van der Waals surface area contributed by atoms with Crippen LogP contribution in [0.2, 0.25) is 0 Å². The summed E-state index contributed by atoms with van der Waals surface area (Å²) >= 11 is 0. The second kappa shape index (κ2) is 9.15. The molecule has 1 N–H and O–H groups in total. The van der Waals surface area contributed by atoms with Crippen LogP contribution < -0.4 is 5.32 Å². The van der Waals surface area contributed by atoms with Gasteiger partial charge in [-0.15, -0.1) is 0 Å². The lowest BCUT2D eigenvalue weighted by atomic mass is 10.0. The van der Waals surface area contributed by atoms with Gasteiger partial charge in [0.2, 0.25) is 5.91 Å². The van der Waals surface area contributed by atoms with E-state index >= 15 is 0 Å². The molecular weight excluding hydrogens is 262 g/mol. The van der Waals surface area contributed by atoms with E-state index in [1.807, 2.05) is 0 Å². The Hall–Kier alpha value is -1.86. The molecule has 0 atom stereocenters. The molecule has 0 aliphatic carbocycles. The smallest absolute Gasteiger partial charge is 0.238 e. The van der Waals surface area contributed by atoms with E-state index in [1.165, 1.54) is 0 Å². The molecule has 0 spiro atoms. The monoisotopic (exact) mass is 287 g/mol. The van der Waals surface area contributed by atoms with Gasteiger partial charge in [0.25, 0.3) is 0 Å². The van der Waals surface area contributed by atoms with Crippen molar-refractivity contribution in [3.8, 4) is 6.07 Å². The number of nitriles is 1. The molecule has 0 radical (unpaired) electrons. The van der Waals surface area contributed by atoms with Crippen LogP contribution in [0.25, 0.3) is 0 Å². The third kappa shape index (κ3) is 5.97. The van der Waals surface area contributed by atoms with Gasteiger partial charge in [0, 0.05) is 12.2 Å². The second-order valence-electron chi connectivity index (χ2n) is 5.25. The van der Waals surface area contributed by atoms with Crippen molar-refractivity contribution in [2.75, 3.05) is 25.0 Å². The van der Waals surface area contributed by atoms with Crippen LogP contribution in [0.1, 0.15) is 39.2 Å². The number of carbonyl (C=O) groups excluding carboxylic acids is 1. The number of rotatable bonds is 8. The van der Waals surface area contributed by atoms with E-state index in [9.17, 15) is 4.79 Å². The molecule has 4 nitrogen and oxygen atoms in total. The largest absolute Gasteiger partial charge is 0.325 e. The zero-order chi connectivity index (χ0) is 15.7. The molecule has 1 rings (SSSR count). The predicted molar refractivity (Wildman–Crippen MR) is 86.0 cm³/mol. The number of anilines is 1. The quantitative estimate of drug-likeness (QED) is 0.798. The minimum absolute atomic E-state index is 0.00693. The summed E-state index contributed by atoms with van der Waals surface area (Å²) in [5.41, 5.74) is 1.33. The molecule has 0 fully saturated rings. The van der Waals surface area contributed by atoms with Crippen LogP contribution in [0.5, 0.6) is 0 Å². The predicted octanol–water partition coefficient (Wildman–Crippen LogP) is 3.25. The molecule has 0 saturated carbocycles. The van der Waals surface area contributed by atoms with Gasteiger partial charge in [-0.05, 0) is 36.7 Å². The van der Waals surface area contributed by atoms with Gasteiger partial charge in [0.05, 0.1) is 18.2 Å². The van der Waals surface area contributed by atoms with Gasteiger partial charge in [-0.25, -0.2) is 0 Å². The molecule has 0 aliphatic heterocycles. The van der Waals surface area contributed by atoms with Crippen molar-refractivity contribution in [2.45, 2.75) is 33.6 Å². The second-order valence-corrected chi connectivity index (χ2v) is 5.25. The Labute approximate surface area is 127 Å². The molecule has 0 aliphatic rings. The van der Waals surface area contributed by atoms with E-state index in [2.05, 4.69) is 37.1 Å². The van der Waals surface area contributed by atoms with Crippen LogP contribution >= 0.6 is 0 Å². The van der Waals surface area contributed by atoms with E-state index in [1.54, 1.807) is 24.3 Å². The third-order valence-electron chi connectivity index (χ3n) is 3.78. The van der Waals surface area contributed by atoms with Crippen molar-refractivity contribution in [2.24, 2.45) is 5.92 Å². The van der Waals surface area contributed by atoms with Gasteiger partial charge in [-0.2, -0.15) is 5.26 Å². The standard InChI is InChI=1S/C17H25N3O/c1-4-14(5-2)12-20(6-3)13-17(21)19-16-9-7-15(11-18)8-10-16/h7-10,14H,4-6,12-13H2,1-3H3,(H,19,21). The number of hydrogen-bond donors (Lipinski definition) is 1. The summed E-state index contributed by atoms with van der Waals surface area (Å²) in [6.45, 7) is 8.71. The summed E-state index contributed by atoms with van der Waals surface area (Å²) in [5.74, 6) is 0.639. The Balaban J connectivity index is 2.52. The Bertz CT molecular complexity index is 472. The number of nitrogens with one attached hydrogen (secondary N) is 1. The number of amides is 1. The SMILES string of the molecule is CCC(CC)CN(CC)CC(=O)Nc1ccc(C#N)cc1. The highest BCUT2D eigenvalue weighted by molar-refractivity contribution is 5.92. The highest BCUT2D eigenvalue weighted by Crippen LogP contribution is 2.11. The Morgan fingerprint density at radius 2 is 1.86 bits per heavy atom. The van der Waals surface area contributed by atoms with Crippen LogP contribution in [0.4, 0.5) is 5.69 Å². The lowest BCUT2D eigenvalue weighted by Gasteiger charge is -2.24. The van der Waals surface area contributed by atoms with E-state index in [-0.39, 0.29) is 5.91 Å². The first-order chi connectivity index (χ1) is 10.1. The van der Waals surface area contributed by atoms with Gasteiger partial charge in [-0.1, -0.05) is 33.6 Å². The highest BCUT2D eigenvalue weighted by Gasteiger charge is 2.13. The molecule has 21 heavy (non-hydrogen) atoms. The molecule has 0 heterocycles. The van der Waals surface area contributed by atoms with Gasteiger partial charge in [0.15, 0.2) is 0 Å². The Morgan fingerprint density at radius 1 is 1.24 bits per heavy atom. The molecule has 1 amide bonds. The molecule has 0 aromatic heterocycles. The third-order valence-corrected chi connectivity index (χ3v) is 3.78. The summed E-state index contributed by atoms with van der Waals surface area (Å²) in [6.07, 6.45) is 2.29. The van der Waals surface area contributed by atoms with E-state index in [0.29, 0.717) is 18.0 Å². The molecule has 0 saturated heterocycles. The van der Waals surface area contributed by atoms with E-state index < -0.39 is 0 Å². The molecule has 1 aromatic carbocycles. The molecule has 114 valence electrons. The lowest BCUT2D eigenvalue weighted by Crippen LogP contribution is -2.36. The van der Waals surface area contributed by atoms with Crippen LogP contribution in [-0.4, -0.2) is 30.4 Å². The fraction of sp³-hybridized carbons (Fsp3) is 0.529. The average Bonchev–Trinajstić information content (AvgIpc) is 2.52. The van der Waals surface area contributed by atoms with E-state index in [0.717, 1.165) is 31.6 Å². The number of nitrogens with zero attached hydrogens (tertiary/aromatic N) is 2. The summed E-state index contributed by atoms with van der Waals surface area (Å²) in [6, 6.07) is 8.99. The van der Waals surface area contributed by atoms with Crippen molar-refractivity contribution < 1.29 is 4.79 Å². The van der Waals surface area contributed by atoms with Crippen molar-refractivity contribution in [3.05, 3.63) is 29.8 Å². The normalized spacial score (nSPS) is 10.7.